The molecule has 7 nitrogen and oxygen atoms in total. The summed E-state index contributed by atoms with van der Waals surface area (Å²) in [5, 5.41) is 29.2. The quantitative estimate of drug-likeness (QED) is 0.729. The fraction of sp³-hybridized carbons (Fsp3) is 0.357. The Balaban J connectivity index is 1.76. The van der Waals surface area contributed by atoms with Gasteiger partial charge in [-0.1, -0.05) is 0 Å². The summed E-state index contributed by atoms with van der Waals surface area (Å²) in [5.41, 5.74) is 0.0149. The van der Waals surface area contributed by atoms with E-state index in [2.05, 4.69) is 15.0 Å². The molecule has 3 heterocycles. The molecule has 0 radical (unpaired) electrons. The average molecular weight is 321 g/mol. The van der Waals surface area contributed by atoms with Gasteiger partial charge in [0.15, 0.2) is 11.3 Å². The normalized spacial score (nSPS) is 28.3. The van der Waals surface area contributed by atoms with Crippen LogP contribution < -0.4 is 4.74 Å². The lowest BCUT2D eigenvalue weighted by molar-refractivity contribution is -0.0786. The summed E-state index contributed by atoms with van der Waals surface area (Å²) in [6, 6.07) is 3.44. The fourth-order valence-corrected chi connectivity index (χ4v) is 3.19. The molecule has 22 heavy (non-hydrogen) atoms. The van der Waals surface area contributed by atoms with Crippen molar-refractivity contribution in [1.29, 1.82) is 0 Å². The first-order valence-corrected chi connectivity index (χ1v) is 7.75. The summed E-state index contributed by atoms with van der Waals surface area (Å²) in [5.74, 6) is 1.25. The summed E-state index contributed by atoms with van der Waals surface area (Å²) in [7, 11) is 0. The smallest absolute Gasteiger partial charge is 0.173 e. The second kappa shape index (κ2) is 6.57. The van der Waals surface area contributed by atoms with Crippen LogP contribution in [0.15, 0.2) is 36.9 Å². The van der Waals surface area contributed by atoms with Crippen LogP contribution in [0.1, 0.15) is 0 Å². The summed E-state index contributed by atoms with van der Waals surface area (Å²) >= 11 is 1.24. The predicted molar refractivity (Wildman–Crippen MR) is 80.2 cm³/mol. The van der Waals surface area contributed by atoms with Crippen molar-refractivity contribution in [2.24, 2.45) is 0 Å². The predicted octanol–water partition coefficient (Wildman–Crippen LogP) is 0.0730. The lowest BCUT2D eigenvalue weighted by atomic mass is 10.1. The van der Waals surface area contributed by atoms with E-state index in [9.17, 15) is 15.3 Å². The monoisotopic (exact) mass is 321 g/mol. The van der Waals surface area contributed by atoms with Gasteiger partial charge in [0, 0.05) is 29.9 Å². The SMILES string of the molecule is O[C@@H]1[C@@H](O)[C@@H](Oc2cncc(-c3ncccn3)c2)SC[C@H]1O. The molecule has 0 saturated carbocycles. The second-order valence-electron chi connectivity index (χ2n) is 4.85. The number of hydrogen-bond donors (Lipinski definition) is 3. The van der Waals surface area contributed by atoms with Crippen LogP contribution >= 0.6 is 11.8 Å². The van der Waals surface area contributed by atoms with Crippen LogP contribution in [0.5, 0.6) is 5.75 Å². The van der Waals surface area contributed by atoms with Crippen molar-refractivity contribution in [2.75, 3.05) is 5.75 Å². The van der Waals surface area contributed by atoms with Gasteiger partial charge in [0.25, 0.3) is 0 Å². The molecule has 2 aromatic heterocycles. The van der Waals surface area contributed by atoms with E-state index in [0.717, 1.165) is 0 Å². The number of aliphatic hydroxyl groups excluding tert-OH is 3. The van der Waals surface area contributed by atoms with Crippen molar-refractivity contribution in [1.82, 2.24) is 15.0 Å². The number of thioether (sulfide) groups is 1. The molecule has 1 aliphatic rings. The molecule has 0 unspecified atom stereocenters. The van der Waals surface area contributed by atoms with E-state index in [1.54, 1.807) is 30.7 Å². The molecule has 116 valence electrons. The maximum atomic E-state index is 9.95. The molecule has 0 aromatic carbocycles. The minimum atomic E-state index is -1.22. The molecule has 1 saturated heterocycles. The molecule has 3 N–H and O–H groups in total. The number of hydrogen-bond acceptors (Lipinski definition) is 8. The zero-order valence-electron chi connectivity index (χ0n) is 11.5. The van der Waals surface area contributed by atoms with E-state index in [-0.39, 0.29) is 5.75 Å². The third-order valence-electron chi connectivity index (χ3n) is 3.24. The number of pyridine rings is 1. The molecule has 2 aromatic rings. The van der Waals surface area contributed by atoms with Gasteiger partial charge in [-0.05, 0) is 12.1 Å². The Kier molecular flexibility index (Phi) is 4.53. The first-order chi connectivity index (χ1) is 10.6. The summed E-state index contributed by atoms with van der Waals surface area (Å²) < 4.78 is 5.67. The van der Waals surface area contributed by atoms with Gasteiger partial charge in [-0.15, -0.1) is 11.8 Å². The van der Waals surface area contributed by atoms with E-state index in [4.69, 9.17) is 4.74 Å². The molecule has 0 bridgehead atoms. The van der Waals surface area contributed by atoms with Crippen molar-refractivity contribution < 1.29 is 20.1 Å². The standard InChI is InChI=1S/C14H15N3O4S/c18-10-7-22-14(12(20)11(10)19)21-9-4-8(5-15-6-9)13-16-2-1-3-17-13/h1-6,10-12,14,18-20H,7H2/t10-,11+,12-,14+/m1/s1. The van der Waals surface area contributed by atoms with Crippen molar-refractivity contribution in [3.63, 3.8) is 0 Å². The molecular formula is C14H15N3O4S. The summed E-state index contributed by atoms with van der Waals surface area (Å²) in [4.78, 5) is 12.4. The molecule has 3 rings (SSSR count). The highest BCUT2D eigenvalue weighted by atomic mass is 32.2. The van der Waals surface area contributed by atoms with Crippen LogP contribution in [0.2, 0.25) is 0 Å². The third kappa shape index (κ3) is 3.20. The zero-order valence-corrected chi connectivity index (χ0v) is 12.3. The number of ether oxygens (including phenoxy) is 1. The Hall–Kier alpha value is -1.74. The number of aromatic nitrogens is 3. The van der Waals surface area contributed by atoms with Gasteiger partial charge in [-0.2, -0.15) is 0 Å². The van der Waals surface area contributed by atoms with E-state index in [1.807, 2.05) is 0 Å². The number of rotatable bonds is 3. The molecular weight excluding hydrogens is 306 g/mol. The highest BCUT2D eigenvalue weighted by Gasteiger charge is 2.38. The Labute approximate surface area is 131 Å². The van der Waals surface area contributed by atoms with E-state index in [1.165, 1.54) is 18.0 Å². The van der Waals surface area contributed by atoms with Crippen LogP contribution in [-0.4, -0.2) is 59.8 Å². The van der Waals surface area contributed by atoms with Crippen molar-refractivity contribution in [3.05, 3.63) is 36.9 Å². The third-order valence-corrected chi connectivity index (χ3v) is 4.48. The number of aliphatic hydroxyl groups is 3. The maximum absolute atomic E-state index is 9.95. The van der Waals surface area contributed by atoms with Gasteiger partial charge in [0.2, 0.25) is 0 Å². The summed E-state index contributed by atoms with van der Waals surface area (Å²) in [6.45, 7) is 0. The molecule has 0 spiro atoms. The molecule has 1 fully saturated rings. The van der Waals surface area contributed by atoms with Gasteiger partial charge in [0.05, 0.1) is 12.3 Å². The molecule has 0 amide bonds. The Morgan fingerprint density at radius 1 is 1.09 bits per heavy atom. The van der Waals surface area contributed by atoms with Gasteiger partial charge < -0.3 is 20.1 Å². The lowest BCUT2D eigenvalue weighted by Gasteiger charge is -2.34. The maximum Gasteiger partial charge on any atom is 0.173 e. The average Bonchev–Trinajstić information content (AvgIpc) is 2.57. The molecule has 4 atom stereocenters. The van der Waals surface area contributed by atoms with Crippen molar-refractivity contribution in [3.8, 4) is 17.1 Å². The topological polar surface area (TPSA) is 109 Å². The Morgan fingerprint density at radius 2 is 1.86 bits per heavy atom. The van der Waals surface area contributed by atoms with E-state index in [0.29, 0.717) is 17.1 Å². The first-order valence-electron chi connectivity index (χ1n) is 6.70. The van der Waals surface area contributed by atoms with Gasteiger partial charge in [-0.3, -0.25) is 4.98 Å². The minimum Gasteiger partial charge on any atom is -0.475 e. The van der Waals surface area contributed by atoms with Crippen molar-refractivity contribution in [2.45, 2.75) is 23.7 Å². The second-order valence-corrected chi connectivity index (χ2v) is 5.98. The van der Waals surface area contributed by atoms with Crippen LogP contribution in [0.4, 0.5) is 0 Å². The van der Waals surface area contributed by atoms with Crippen LogP contribution in [-0.2, 0) is 0 Å². The lowest BCUT2D eigenvalue weighted by Crippen LogP contribution is -2.50. The van der Waals surface area contributed by atoms with Crippen LogP contribution in [0, 0.1) is 0 Å². The van der Waals surface area contributed by atoms with E-state index < -0.39 is 23.7 Å². The number of nitrogens with zero attached hydrogens (tertiary/aromatic N) is 3. The first kappa shape index (κ1) is 15.2. The van der Waals surface area contributed by atoms with Gasteiger partial charge in [-0.25, -0.2) is 9.97 Å². The summed E-state index contributed by atoms with van der Waals surface area (Å²) in [6.07, 6.45) is 3.04. The van der Waals surface area contributed by atoms with Gasteiger partial charge in [0.1, 0.15) is 18.0 Å². The van der Waals surface area contributed by atoms with Gasteiger partial charge >= 0.3 is 0 Å². The van der Waals surface area contributed by atoms with Crippen LogP contribution in [0.25, 0.3) is 11.4 Å². The molecule has 8 heteroatoms. The molecule has 1 aliphatic heterocycles. The molecule has 0 aliphatic carbocycles. The zero-order chi connectivity index (χ0) is 15.5. The Bertz CT molecular complexity index is 630. The fourth-order valence-electron chi connectivity index (χ4n) is 2.07. The van der Waals surface area contributed by atoms with Crippen molar-refractivity contribution >= 4 is 11.8 Å². The largest absolute Gasteiger partial charge is 0.475 e. The van der Waals surface area contributed by atoms with E-state index >= 15 is 0 Å². The minimum absolute atomic E-state index is 0.289. The highest BCUT2D eigenvalue weighted by Crippen LogP contribution is 2.30. The highest BCUT2D eigenvalue weighted by molar-refractivity contribution is 7.99. The Morgan fingerprint density at radius 3 is 2.64 bits per heavy atom. The van der Waals surface area contributed by atoms with Crippen LogP contribution in [0.3, 0.4) is 0 Å².